The van der Waals surface area contributed by atoms with Crippen LogP contribution in [0.25, 0.3) is 0 Å². The molecule has 0 rings (SSSR count). The third-order valence-electron chi connectivity index (χ3n) is 1.15. The van der Waals surface area contributed by atoms with Crippen LogP contribution in [0, 0.1) is 10.1 Å². The highest BCUT2D eigenvalue weighted by Gasteiger charge is 2.02. The predicted molar refractivity (Wildman–Crippen MR) is 46.2 cm³/mol. The first-order chi connectivity index (χ1) is 6.11. The minimum atomic E-state index is -0.551. The molecule has 0 radical (unpaired) electrons. The summed E-state index contributed by atoms with van der Waals surface area (Å²) in [5.74, 6) is 0.0520. The molecule has 0 bridgehead atoms. The molecule has 0 aromatic rings. The van der Waals surface area contributed by atoms with Crippen LogP contribution in [-0.2, 0) is 9.53 Å². The van der Waals surface area contributed by atoms with E-state index in [1.165, 1.54) is 25.2 Å². The van der Waals surface area contributed by atoms with Gasteiger partial charge in [0.2, 0.25) is 0 Å². The van der Waals surface area contributed by atoms with E-state index in [4.69, 9.17) is 0 Å². The first-order valence-corrected chi connectivity index (χ1v) is 3.39. The van der Waals surface area contributed by atoms with Crippen LogP contribution >= 0.6 is 0 Å². The molecule has 0 amide bonds. The maximum Gasteiger partial charge on any atom is 0.298 e. The zero-order valence-corrected chi connectivity index (χ0v) is 7.10. The van der Waals surface area contributed by atoms with Gasteiger partial charge in [-0.2, -0.15) is 0 Å². The van der Waals surface area contributed by atoms with Gasteiger partial charge in [0.1, 0.15) is 5.76 Å². The normalized spacial score (nSPS) is 11.3. The lowest BCUT2D eigenvalue weighted by molar-refractivity contribution is -0.419. The lowest BCUT2D eigenvalue weighted by Crippen LogP contribution is -1.94. The van der Waals surface area contributed by atoms with Gasteiger partial charge < -0.3 is 4.74 Å². The molecular formula is C8H9NO4. The van der Waals surface area contributed by atoms with Gasteiger partial charge in [-0.3, -0.25) is 14.9 Å². The summed E-state index contributed by atoms with van der Waals surface area (Å²) in [4.78, 5) is 19.5. The molecule has 0 aliphatic carbocycles. The zero-order valence-electron chi connectivity index (χ0n) is 7.10. The van der Waals surface area contributed by atoms with Gasteiger partial charge in [-0.05, 0) is 19.1 Å². The largest absolute Gasteiger partial charge is 0.429 e. The molecule has 0 atom stereocenters. The number of nitro groups is 1. The lowest BCUT2D eigenvalue weighted by atomic mass is 10.3. The highest BCUT2D eigenvalue weighted by Crippen LogP contribution is 2.01. The Morgan fingerprint density at radius 1 is 1.54 bits per heavy atom. The smallest absolute Gasteiger partial charge is 0.298 e. The Bertz CT molecular complexity index is 278. The van der Waals surface area contributed by atoms with Crippen molar-refractivity contribution in [3.63, 3.8) is 0 Å². The molecule has 0 aliphatic rings. The van der Waals surface area contributed by atoms with Crippen molar-refractivity contribution in [2.75, 3.05) is 0 Å². The summed E-state index contributed by atoms with van der Waals surface area (Å²) in [7, 11) is 0. The van der Waals surface area contributed by atoms with E-state index < -0.39 is 4.92 Å². The molecule has 0 aromatic carbocycles. The van der Waals surface area contributed by atoms with Gasteiger partial charge in [-0.25, -0.2) is 0 Å². The Labute approximate surface area is 75.2 Å². The molecule has 70 valence electrons. The number of ether oxygens (including phenoxy) is 1. The van der Waals surface area contributed by atoms with Crippen molar-refractivity contribution in [3.8, 4) is 0 Å². The van der Waals surface area contributed by atoms with Gasteiger partial charge in [0.05, 0.1) is 4.92 Å². The molecule has 0 unspecified atom stereocenters. The average Bonchev–Trinajstić information content (AvgIpc) is 2.05. The van der Waals surface area contributed by atoms with Crippen LogP contribution < -0.4 is 0 Å². The minimum absolute atomic E-state index is 0.0520. The van der Waals surface area contributed by atoms with Crippen LogP contribution in [0.15, 0.2) is 36.3 Å². The monoisotopic (exact) mass is 183 g/mol. The van der Waals surface area contributed by atoms with Crippen molar-refractivity contribution in [2.24, 2.45) is 0 Å². The number of hydrogen-bond acceptors (Lipinski definition) is 4. The summed E-state index contributed by atoms with van der Waals surface area (Å²) >= 11 is 0. The summed E-state index contributed by atoms with van der Waals surface area (Å²) in [6, 6.07) is 0. The molecular weight excluding hydrogens is 174 g/mol. The van der Waals surface area contributed by atoms with Gasteiger partial charge in [-0.1, -0.05) is 6.58 Å². The summed E-state index contributed by atoms with van der Waals surface area (Å²) in [5, 5.41) is 10.2. The molecule has 0 saturated carbocycles. The molecule has 0 fully saturated rings. The third kappa shape index (κ3) is 4.52. The topological polar surface area (TPSA) is 69.4 Å². The van der Waals surface area contributed by atoms with Crippen molar-refractivity contribution in [2.45, 2.75) is 6.92 Å². The first-order valence-electron chi connectivity index (χ1n) is 3.39. The molecule has 5 nitrogen and oxygen atoms in total. The van der Waals surface area contributed by atoms with Gasteiger partial charge in [-0.15, -0.1) is 0 Å². The van der Waals surface area contributed by atoms with Crippen molar-refractivity contribution in [1.29, 1.82) is 0 Å². The van der Waals surface area contributed by atoms with Crippen LogP contribution in [-0.4, -0.2) is 11.4 Å². The Kier molecular flexibility index (Phi) is 4.87. The van der Waals surface area contributed by atoms with E-state index in [2.05, 4.69) is 11.3 Å². The standard InChI is InChI=1S/C8H9NO4/c1-3-8(9(11)12)5-4-7(2)13-6-10/h3-6H,2H2,1H3/b5-4-,8-3+. The fourth-order valence-corrected chi connectivity index (χ4v) is 0.542. The van der Waals surface area contributed by atoms with Crippen LogP contribution in [0.3, 0.4) is 0 Å². The quantitative estimate of drug-likeness (QED) is 0.212. The number of allylic oxidation sites excluding steroid dienone is 3. The number of carbonyl (C=O) groups is 1. The molecule has 0 aliphatic heterocycles. The van der Waals surface area contributed by atoms with Gasteiger partial charge >= 0.3 is 0 Å². The third-order valence-corrected chi connectivity index (χ3v) is 1.15. The second-order valence-electron chi connectivity index (χ2n) is 1.98. The fraction of sp³-hybridized carbons (Fsp3) is 0.125. The molecule has 0 aromatic heterocycles. The molecule has 0 heterocycles. The van der Waals surface area contributed by atoms with E-state index >= 15 is 0 Å². The minimum Gasteiger partial charge on any atom is -0.429 e. The summed E-state index contributed by atoms with van der Waals surface area (Å²) < 4.78 is 4.30. The number of rotatable bonds is 5. The Balaban J connectivity index is 4.32. The van der Waals surface area contributed by atoms with Gasteiger partial charge in [0, 0.05) is 6.08 Å². The van der Waals surface area contributed by atoms with Gasteiger partial charge in [0.25, 0.3) is 12.2 Å². The van der Waals surface area contributed by atoms with Gasteiger partial charge in [0.15, 0.2) is 0 Å². The van der Waals surface area contributed by atoms with Crippen molar-refractivity contribution in [1.82, 2.24) is 0 Å². The van der Waals surface area contributed by atoms with E-state index in [0.29, 0.717) is 0 Å². The maximum atomic E-state index is 10.2. The fourth-order valence-electron chi connectivity index (χ4n) is 0.542. The van der Waals surface area contributed by atoms with Crippen LogP contribution in [0.1, 0.15) is 6.92 Å². The van der Waals surface area contributed by atoms with E-state index in [1.807, 2.05) is 0 Å². The van der Waals surface area contributed by atoms with Crippen LogP contribution in [0.5, 0.6) is 0 Å². The average molecular weight is 183 g/mol. The van der Waals surface area contributed by atoms with E-state index in [9.17, 15) is 14.9 Å². The Morgan fingerprint density at radius 2 is 2.15 bits per heavy atom. The molecule has 0 saturated heterocycles. The Hall–Kier alpha value is -1.91. The van der Waals surface area contributed by atoms with Crippen LogP contribution in [0.2, 0.25) is 0 Å². The zero-order chi connectivity index (χ0) is 10.3. The Morgan fingerprint density at radius 3 is 2.54 bits per heavy atom. The number of hydrogen-bond donors (Lipinski definition) is 0. The highest BCUT2D eigenvalue weighted by molar-refractivity contribution is 5.41. The van der Waals surface area contributed by atoms with Crippen molar-refractivity contribution in [3.05, 3.63) is 46.4 Å². The molecule has 0 N–H and O–H groups in total. The van der Waals surface area contributed by atoms with Crippen molar-refractivity contribution < 1.29 is 14.5 Å². The molecule has 13 heavy (non-hydrogen) atoms. The predicted octanol–water partition coefficient (Wildman–Crippen LogP) is 1.41. The second kappa shape index (κ2) is 5.70. The summed E-state index contributed by atoms with van der Waals surface area (Å²) in [5.41, 5.74) is -0.0874. The highest BCUT2D eigenvalue weighted by atomic mass is 16.6. The van der Waals surface area contributed by atoms with E-state index in [-0.39, 0.29) is 17.9 Å². The second-order valence-corrected chi connectivity index (χ2v) is 1.98. The van der Waals surface area contributed by atoms with Crippen LogP contribution in [0.4, 0.5) is 0 Å². The first kappa shape index (κ1) is 11.1. The maximum absolute atomic E-state index is 10.2. The van der Waals surface area contributed by atoms with E-state index in [1.54, 1.807) is 0 Å². The molecule has 5 heteroatoms. The number of nitrogens with zero attached hydrogens (tertiary/aromatic N) is 1. The summed E-state index contributed by atoms with van der Waals surface area (Å²) in [6.07, 6.45) is 3.77. The van der Waals surface area contributed by atoms with Crippen molar-refractivity contribution >= 4 is 6.47 Å². The summed E-state index contributed by atoms with van der Waals surface area (Å²) in [6.45, 7) is 5.06. The SMILES string of the molecule is C=C(/C=C\C(=C/C)[N+](=O)[O-])OC=O. The molecule has 0 spiro atoms. The van der Waals surface area contributed by atoms with E-state index in [0.717, 1.165) is 0 Å². The number of carbonyl (C=O) groups excluding carboxylic acids is 1. The lowest BCUT2D eigenvalue weighted by Gasteiger charge is -1.92.